The summed E-state index contributed by atoms with van der Waals surface area (Å²) in [5.41, 5.74) is 1.66. The van der Waals surface area contributed by atoms with E-state index < -0.39 is 5.97 Å². The van der Waals surface area contributed by atoms with Crippen molar-refractivity contribution in [3.8, 4) is 0 Å². The van der Waals surface area contributed by atoms with Crippen LogP contribution in [0.5, 0.6) is 0 Å². The molecule has 0 aliphatic carbocycles. The Morgan fingerprint density at radius 1 is 1.32 bits per heavy atom. The van der Waals surface area contributed by atoms with Gasteiger partial charge in [0.25, 0.3) is 0 Å². The minimum absolute atomic E-state index is 0.210. The largest absolute Gasteiger partial charge is 0.477 e. The second-order valence-corrected chi connectivity index (χ2v) is 5.58. The number of carboxylic acid groups (broad SMARTS) is 1. The summed E-state index contributed by atoms with van der Waals surface area (Å²) in [6.45, 7) is 3.98. The van der Waals surface area contributed by atoms with E-state index in [-0.39, 0.29) is 10.8 Å². The Bertz CT molecular complexity index is 679. The van der Waals surface area contributed by atoms with Gasteiger partial charge in [-0.2, -0.15) is 0 Å². The number of carbonyl (C=O) groups excluding carboxylic acids is 1. The average molecular weight is 320 g/mol. The molecule has 0 fully saturated rings. The van der Waals surface area contributed by atoms with Crippen LogP contribution in [0.3, 0.4) is 0 Å². The van der Waals surface area contributed by atoms with E-state index in [0.717, 1.165) is 23.4 Å². The van der Waals surface area contributed by atoms with Crippen molar-refractivity contribution in [2.45, 2.75) is 20.3 Å². The summed E-state index contributed by atoms with van der Waals surface area (Å²) >= 11 is 1.07. The number of nitrogens with one attached hydrogen (secondary N) is 1. The lowest BCUT2D eigenvalue weighted by Gasteiger charge is -2.05. The Kier molecular flexibility index (Phi) is 5.11. The van der Waals surface area contributed by atoms with E-state index in [1.807, 2.05) is 6.92 Å². The highest BCUT2D eigenvalue weighted by Gasteiger charge is 2.14. The normalized spacial score (nSPS) is 10.3. The van der Waals surface area contributed by atoms with Gasteiger partial charge in [0.15, 0.2) is 5.13 Å². The van der Waals surface area contributed by atoms with Gasteiger partial charge in [-0.25, -0.2) is 14.6 Å². The third-order valence-corrected chi connectivity index (χ3v) is 3.86. The molecule has 2 aromatic rings. The maximum Gasteiger partial charge on any atom is 0.347 e. The summed E-state index contributed by atoms with van der Waals surface area (Å²) in [5.74, 6) is -1.34. The predicted molar refractivity (Wildman–Crippen MR) is 84.1 cm³/mol. The van der Waals surface area contributed by atoms with Gasteiger partial charge in [0.05, 0.1) is 17.9 Å². The van der Waals surface area contributed by atoms with E-state index in [2.05, 4.69) is 10.3 Å². The number of carboxylic acids is 1. The molecule has 2 rings (SSSR count). The molecule has 6 nitrogen and oxygen atoms in total. The SMILES string of the molecule is CCCOC(=O)c1ccc(Nc2nc(C)c(C(=O)O)s2)cc1. The zero-order chi connectivity index (χ0) is 16.1. The Morgan fingerprint density at radius 2 is 2.00 bits per heavy atom. The van der Waals surface area contributed by atoms with Gasteiger partial charge in [0, 0.05) is 5.69 Å². The van der Waals surface area contributed by atoms with Crippen molar-refractivity contribution >= 4 is 34.1 Å². The topological polar surface area (TPSA) is 88.5 Å². The second-order valence-electron chi connectivity index (χ2n) is 4.58. The Labute approximate surface area is 131 Å². The fourth-order valence-electron chi connectivity index (χ4n) is 1.74. The molecule has 1 aromatic heterocycles. The molecule has 0 atom stereocenters. The number of thiazole rings is 1. The third kappa shape index (κ3) is 3.82. The zero-order valence-electron chi connectivity index (χ0n) is 12.3. The van der Waals surface area contributed by atoms with Crippen molar-refractivity contribution in [1.29, 1.82) is 0 Å². The number of aromatic nitrogens is 1. The van der Waals surface area contributed by atoms with Crippen LogP contribution in [-0.2, 0) is 4.74 Å². The number of aryl methyl sites for hydroxylation is 1. The number of anilines is 2. The predicted octanol–water partition coefficient (Wildman–Crippen LogP) is 3.46. The molecule has 0 saturated carbocycles. The fourth-order valence-corrected chi connectivity index (χ4v) is 2.56. The molecule has 7 heteroatoms. The smallest absolute Gasteiger partial charge is 0.347 e. The Hall–Kier alpha value is -2.41. The Balaban J connectivity index is 2.06. The highest BCUT2D eigenvalue weighted by atomic mass is 32.1. The maximum atomic E-state index is 11.7. The van der Waals surface area contributed by atoms with E-state index in [1.54, 1.807) is 31.2 Å². The third-order valence-electron chi connectivity index (χ3n) is 2.80. The highest BCUT2D eigenvalue weighted by Crippen LogP contribution is 2.25. The summed E-state index contributed by atoms with van der Waals surface area (Å²) in [7, 11) is 0. The second kappa shape index (κ2) is 7.04. The molecule has 0 unspecified atom stereocenters. The number of ether oxygens (including phenoxy) is 1. The van der Waals surface area contributed by atoms with E-state index in [0.29, 0.717) is 23.0 Å². The van der Waals surface area contributed by atoms with Crippen LogP contribution in [0.4, 0.5) is 10.8 Å². The molecule has 0 aliphatic rings. The van der Waals surface area contributed by atoms with Crippen LogP contribution in [-0.4, -0.2) is 28.6 Å². The lowest BCUT2D eigenvalue weighted by atomic mass is 10.2. The van der Waals surface area contributed by atoms with E-state index in [4.69, 9.17) is 9.84 Å². The molecule has 0 spiro atoms. The van der Waals surface area contributed by atoms with E-state index >= 15 is 0 Å². The van der Waals surface area contributed by atoms with Gasteiger partial charge in [-0.15, -0.1) is 0 Å². The van der Waals surface area contributed by atoms with Crippen LogP contribution >= 0.6 is 11.3 Å². The summed E-state index contributed by atoms with van der Waals surface area (Å²) in [5, 5.41) is 12.5. The molecule has 0 saturated heterocycles. The molecular weight excluding hydrogens is 304 g/mol. The minimum Gasteiger partial charge on any atom is -0.477 e. The van der Waals surface area contributed by atoms with Crippen LogP contribution < -0.4 is 5.32 Å². The maximum absolute atomic E-state index is 11.7. The lowest BCUT2D eigenvalue weighted by Crippen LogP contribution is -2.05. The monoisotopic (exact) mass is 320 g/mol. The van der Waals surface area contributed by atoms with Crippen molar-refractivity contribution in [3.63, 3.8) is 0 Å². The number of benzene rings is 1. The van der Waals surface area contributed by atoms with Gasteiger partial charge in [0.2, 0.25) is 0 Å². The van der Waals surface area contributed by atoms with Gasteiger partial charge >= 0.3 is 11.9 Å². The van der Waals surface area contributed by atoms with Crippen LogP contribution in [0.25, 0.3) is 0 Å². The number of hydrogen-bond acceptors (Lipinski definition) is 6. The van der Waals surface area contributed by atoms with Gasteiger partial charge in [-0.3, -0.25) is 0 Å². The highest BCUT2D eigenvalue weighted by molar-refractivity contribution is 7.17. The molecule has 0 amide bonds. The van der Waals surface area contributed by atoms with Crippen LogP contribution in [0.1, 0.15) is 39.1 Å². The van der Waals surface area contributed by atoms with Crippen LogP contribution in [0, 0.1) is 6.92 Å². The fraction of sp³-hybridized carbons (Fsp3) is 0.267. The first-order valence-electron chi connectivity index (χ1n) is 6.76. The number of carbonyl (C=O) groups is 2. The molecule has 1 aromatic carbocycles. The summed E-state index contributed by atoms with van der Waals surface area (Å²) < 4.78 is 5.05. The molecule has 116 valence electrons. The van der Waals surface area contributed by atoms with Gasteiger partial charge in [-0.05, 0) is 37.6 Å². The number of nitrogens with zero attached hydrogens (tertiary/aromatic N) is 1. The van der Waals surface area contributed by atoms with Crippen LogP contribution in [0.15, 0.2) is 24.3 Å². The number of esters is 1. The number of rotatable bonds is 6. The first-order chi connectivity index (χ1) is 10.5. The van der Waals surface area contributed by atoms with Crippen LogP contribution in [0.2, 0.25) is 0 Å². The average Bonchev–Trinajstić information content (AvgIpc) is 2.86. The standard InChI is InChI=1S/C15H16N2O4S/c1-3-8-21-14(20)10-4-6-11(7-5-10)17-15-16-9(2)12(22-15)13(18)19/h4-7H,3,8H2,1-2H3,(H,16,17)(H,18,19). The molecule has 22 heavy (non-hydrogen) atoms. The summed E-state index contributed by atoms with van der Waals surface area (Å²) in [6.07, 6.45) is 0.778. The zero-order valence-corrected chi connectivity index (χ0v) is 13.1. The number of hydrogen-bond donors (Lipinski definition) is 2. The van der Waals surface area contributed by atoms with Crippen molar-refractivity contribution in [3.05, 3.63) is 40.4 Å². The molecule has 0 radical (unpaired) electrons. The molecule has 2 N–H and O–H groups in total. The quantitative estimate of drug-likeness (QED) is 0.792. The summed E-state index contributed by atoms with van der Waals surface area (Å²) in [4.78, 5) is 27.0. The lowest BCUT2D eigenvalue weighted by molar-refractivity contribution is 0.0504. The first kappa shape index (κ1) is 16.0. The van der Waals surface area contributed by atoms with Crippen molar-refractivity contribution in [1.82, 2.24) is 4.98 Å². The Morgan fingerprint density at radius 3 is 2.55 bits per heavy atom. The van der Waals surface area contributed by atoms with Crippen molar-refractivity contribution in [2.75, 3.05) is 11.9 Å². The van der Waals surface area contributed by atoms with Crippen molar-refractivity contribution < 1.29 is 19.4 Å². The number of aromatic carboxylic acids is 1. The summed E-state index contributed by atoms with van der Waals surface area (Å²) in [6, 6.07) is 6.75. The van der Waals surface area contributed by atoms with Gasteiger partial charge in [-0.1, -0.05) is 18.3 Å². The minimum atomic E-state index is -0.989. The van der Waals surface area contributed by atoms with E-state index in [9.17, 15) is 9.59 Å². The first-order valence-corrected chi connectivity index (χ1v) is 7.58. The van der Waals surface area contributed by atoms with Crippen molar-refractivity contribution in [2.24, 2.45) is 0 Å². The van der Waals surface area contributed by atoms with Gasteiger partial charge in [0.1, 0.15) is 4.88 Å². The molecular formula is C15H16N2O4S. The molecule has 0 aliphatic heterocycles. The van der Waals surface area contributed by atoms with Gasteiger partial charge < -0.3 is 15.2 Å². The van der Waals surface area contributed by atoms with E-state index in [1.165, 1.54) is 0 Å². The molecule has 0 bridgehead atoms. The molecule has 1 heterocycles.